The molecule has 1 unspecified atom stereocenters. The van der Waals surface area contributed by atoms with Crippen LogP contribution in [0.4, 0.5) is 0 Å². The van der Waals surface area contributed by atoms with Crippen LogP contribution in [0.25, 0.3) is 77.3 Å². The van der Waals surface area contributed by atoms with Gasteiger partial charge in [-0.2, -0.15) is 0 Å². The third-order valence-corrected chi connectivity index (χ3v) is 11.9. The van der Waals surface area contributed by atoms with Gasteiger partial charge in [0.2, 0.25) is 0 Å². The summed E-state index contributed by atoms with van der Waals surface area (Å²) in [5.41, 5.74) is 16.1. The first-order valence-electron chi connectivity index (χ1n) is 19.6. The molecule has 0 bridgehead atoms. The summed E-state index contributed by atoms with van der Waals surface area (Å²) >= 11 is 0. The van der Waals surface area contributed by atoms with Crippen molar-refractivity contribution in [3.8, 4) is 55.8 Å². The summed E-state index contributed by atoms with van der Waals surface area (Å²) in [6.45, 7) is 0. The number of nitrogens with zero attached hydrogens (tertiary/aromatic N) is 2. The van der Waals surface area contributed by atoms with Crippen molar-refractivity contribution >= 4 is 21.5 Å². The van der Waals surface area contributed by atoms with Crippen molar-refractivity contribution < 1.29 is 0 Å². The number of hydrogen-bond donors (Lipinski definition) is 0. The van der Waals surface area contributed by atoms with Gasteiger partial charge in [0.1, 0.15) is 0 Å². The molecule has 2 heteroatoms. The highest BCUT2D eigenvalue weighted by atomic mass is 14.7. The van der Waals surface area contributed by atoms with E-state index in [-0.39, 0.29) is 0 Å². The van der Waals surface area contributed by atoms with Gasteiger partial charge in [0.05, 0.1) is 11.1 Å². The summed E-state index contributed by atoms with van der Waals surface area (Å²) in [5, 5.41) is 4.82. The van der Waals surface area contributed by atoms with Crippen molar-refractivity contribution in [2.75, 3.05) is 0 Å². The molecule has 0 amide bonds. The van der Waals surface area contributed by atoms with E-state index < -0.39 is 5.41 Å². The lowest BCUT2D eigenvalue weighted by Crippen LogP contribution is -2.28. The highest BCUT2D eigenvalue weighted by Gasteiger charge is 2.46. The van der Waals surface area contributed by atoms with E-state index >= 15 is 0 Å². The standard InChI is InChI=1S/C55H36N2/c1-3-14-37(15-4-1)38-25-27-39(28-26-38)53-46-20-7-9-22-48(46)54(49-23-10-8-21-47(49)53)52-32-30-41(35-57-52)40-29-31-45-44-19-11-12-24-50(44)55(51(45)34-40,42-16-5-2-6-17-42)43-18-13-33-56-36-43/h1-36H. The number of hydrogen-bond acceptors (Lipinski definition) is 2. The molecule has 8 aromatic carbocycles. The van der Waals surface area contributed by atoms with E-state index in [1.165, 1.54) is 71.6 Å². The van der Waals surface area contributed by atoms with Crippen LogP contribution in [0.3, 0.4) is 0 Å². The molecule has 1 aliphatic rings. The molecule has 1 aliphatic carbocycles. The number of rotatable bonds is 6. The van der Waals surface area contributed by atoms with Crippen LogP contribution in [-0.4, -0.2) is 9.97 Å². The van der Waals surface area contributed by atoms with Gasteiger partial charge in [0, 0.05) is 29.7 Å². The molecule has 0 radical (unpaired) electrons. The second-order valence-corrected chi connectivity index (χ2v) is 14.9. The summed E-state index contributed by atoms with van der Waals surface area (Å²) in [7, 11) is 0. The lowest BCUT2D eigenvalue weighted by atomic mass is 9.68. The van der Waals surface area contributed by atoms with Crippen molar-refractivity contribution in [3.05, 3.63) is 241 Å². The highest BCUT2D eigenvalue weighted by Crippen LogP contribution is 2.56. The van der Waals surface area contributed by atoms with Crippen LogP contribution in [0.5, 0.6) is 0 Å². The largest absolute Gasteiger partial charge is 0.264 e. The molecule has 0 saturated carbocycles. The first-order valence-corrected chi connectivity index (χ1v) is 19.6. The van der Waals surface area contributed by atoms with Crippen LogP contribution in [0.2, 0.25) is 0 Å². The van der Waals surface area contributed by atoms with Crippen molar-refractivity contribution in [3.63, 3.8) is 0 Å². The van der Waals surface area contributed by atoms with Crippen LogP contribution in [0, 0.1) is 0 Å². The normalized spacial score (nSPS) is 14.4. The molecule has 11 rings (SSSR count). The minimum Gasteiger partial charge on any atom is -0.264 e. The molecule has 2 nitrogen and oxygen atoms in total. The number of aromatic nitrogens is 2. The van der Waals surface area contributed by atoms with E-state index in [1.807, 2.05) is 18.6 Å². The van der Waals surface area contributed by atoms with Gasteiger partial charge in [-0.25, -0.2) is 0 Å². The maximum atomic E-state index is 5.25. The van der Waals surface area contributed by atoms with Crippen molar-refractivity contribution in [1.29, 1.82) is 0 Å². The van der Waals surface area contributed by atoms with E-state index in [2.05, 4.69) is 205 Å². The molecular formula is C55H36N2. The third-order valence-electron chi connectivity index (χ3n) is 11.9. The molecule has 266 valence electrons. The molecule has 2 heterocycles. The summed E-state index contributed by atoms with van der Waals surface area (Å²) in [5.74, 6) is 0. The van der Waals surface area contributed by atoms with Gasteiger partial charge < -0.3 is 0 Å². The van der Waals surface area contributed by atoms with Gasteiger partial charge in [0.15, 0.2) is 0 Å². The molecule has 2 aromatic heterocycles. The fourth-order valence-corrected chi connectivity index (χ4v) is 9.41. The predicted molar refractivity (Wildman–Crippen MR) is 236 cm³/mol. The maximum Gasteiger partial charge on any atom is 0.0728 e. The van der Waals surface area contributed by atoms with E-state index in [0.29, 0.717) is 0 Å². The summed E-state index contributed by atoms with van der Waals surface area (Å²) < 4.78 is 0. The van der Waals surface area contributed by atoms with E-state index in [0.717, 1.165) is 27.9 Å². The smallest absolute Gasteiger partial charge is 0.0728 e. The summed E-state index contributed by atoms with van der Waals surface area (Å²) in [6.07, 6.45) is 5.94. The lowest BCUT2D eigenvalue weighted by molar-refractivity contribution is 0.763. The molecular weight excluding hydrogens is 689 g/mol. The highest BCUT2D eigenvalue weighted by molar-refractivity contribution is 6.21. The first-order chi connectivity index (χ1) is 28.3. The van der Waals surface area contributed by atoms with E-state index in [4.69, 9.17) is 4.98 Å². The molecule has 1 atom stereocenters. The van der Waals surface area contributed by atoms with E-state index in [9.17, 15) is 0 Å². The monoisotopic (exact) mass is 724 g/mol. The SMILES string of the molecule is c1ccc(-c2ccc(-c3c4ccccc4c(-c4ccc(-c5ccc6c(c5)C(c5ccccc5)(c5cccnc5)c5ccccc5-6)cn4)c4ccccc34)cc2)cc1. The van der Waals surface area contributed by atoms with Crippen LogP contribution >= 0.6 is 0 Å². The van der Waals surface area contributed by atoms with Gasteiger partial charge in [-0.1, -0.05) is 182 Å². The van der Waals surface area contributed by atoms with Crippen LogP contribution in [-0.2, 0) is 5.41 Å². The topological polar surface area (TPSA) is 25.8 Å². The Morgan fingerprint density at radius 1 is 0.333 bits per heavy atom. The van der Waals surface area contributed by atoms with Crippen molar-refractivity contribution in [2.45, 2.75) is 5.41 Å². The average Bonchev–Trinajstić information content (AvgIpc) is 3.59. The van der Waals surface area contributed by atoms with Gasteiger partial charge in [-0.05, 0) is 101 Å². The second-order valence-electron chi connectivity index (χ2n) is 14.9. The van der Waals surface area contributed by atoms with Gasteiger partial charge in [-0.3, -0.25) is 9.97 Å². The molecule has 0 spiro atoms. The van der Waals surface area contributed by atoms with Gasteiger partial charge in [-0.15, -0.1) is 0 Å². The molecule has 0 fully saturated rings. The van der Waals surface area contributed by atoms with Crippen LogP contribution in [0.15, 0.2) is 219 Å². The average molecular weight is 725 g/mol. The zero-order chi connectivity index (χ0) is 37.8. The predicted octanol–water partition coefficient (Wildman–Crippen LogP) is 13.8. The Hall–Kier alpha value is -7.42. The summed E-state index contributed by atoms with van der Waals surface area (Å²) in [6, 6.07) is 72.5. The number of benzene rings is 8. The Labute approximate surface area is 332 Å². The Morgan fingerprint density at radius 3 is 1.54 bits per heavy atom. The second kappa shape index (κ2) is 13.4. The minimum absolute atomic E-state index is 0.508. The molecule has 10 aromatic rings. The van der Waals surface area contributed by atoms with Gasteiger partial charge in [0.25, 0.3) is 0 Å². The molecule has 0 saturated heterocycles. The molecule has 0 aliphatic heterocycles. The van der Waals surface area contributed by atoms with Crippen LogP contribution < -0.4 is 0 Å². The lowest BCUT2D eigenvalue weighted by Gasteiger charge is -2.33. The Kier molecular flexibility index (Phi) is 7.75. The number of fused-ring (bicyclic) bond motifs is 5. The Bertz CT molecular complexity index is 2980. The zero-order valence-corrected chi connectivity index (χ0v) is 31.2. The van der Waals surface area contributed by atoms with E-state index in [1.54, 1.807) is 0 Å². The van der Waals surface area contributed by atoms with Crippen molar-refractivity contribution in [1.82, 2.24) is 9.97 Å². The zero-order valence-electron chi connectivity index (χ0n) is 31.2. The maximum absolute atomic E-state index is 5.25. The third kappa shape index (κ3) is 5.18. The van der Waals surface area contributed by atoms with Crippen molar-refractivity contribution in [2.24, 2.45) is 0 Å². The van der Waals surface area contributed by atoms with Crippen LogP contribution in [0.1, 0.15) is 22.3 Å². The Morgan fingerprint density at radius 2 is 0.877 bits per heavy atom. The van der Waals surface area contributed by atoms with Gasteiger partial charge >= 0.3 is 0 Å². The minimum atomic E-state index is -0.508. The quantitative estimate of drug-likeness (QED) is 0.160. The number of pyridine rings is 2. The molecule has 0 N–H and O–H groups in total. The fraction of sp³-hybridized carbons (Fsp3) is 0.0182. The Balaban J connectivity index is 1.05. The summed E-state index contributed by atoms with van der Waals surface area (Å²) in [4.78, 5) is 9.88. The fourth-order valence-electron chi connectivity index (χ4n) is 9.41. The first kappa shape index (κ1) is 33.0. The molecule has 57 heavy (non-hydrogen) atoms.